The van der Waals surface area contributed by atoms with Crippen molar-refractivity contribution in [1.29, 1.82) is 0 Å². The molecule has 3 aromatic carbocycles. The Morgan fingerprint density at radius 3 is 2.15 bits per heavy atom. The quantitative estimate of drug-likeness (QED) is 0.377. The summed E-state index contributed by atoms with van der Waals surface area (Å²) in [5.74, 6) is -0.873. The molecule has 4 aromatic rings. The van der Waals surface area contributed by atoms with Gasteiger partial charge in [0.05, 0.1) is 6.26 Å². The summed E-state index contributed by atoms with van der Waals surface area (Å²) in [5, 5.41) is 8.39. The van der Waals surface area contributed by atoms with Crippen molar-refractivity contribution in [2.75, 3.05) is 16.0 Å². The largest absolute Gasteiger partial charge is 0.459 e. The zero-order valence-corrected chi connectivity index (χ0v) is 17.8. The van der Waals surface area contributed by atoms with E-state index in [0.717, 1.165) is 0 Å². The number of rotatable bonds is 6. The number of hydrogen-bond acceptors (Lipinski definition) is 4. The highest BCUT2D eigenvalue weighted by Gasteiger charge is 2.15. The summed E-state index contributed by atoms with van der Waals surface area (Å²) in [4.78, 5) is 37.8. The van der Waals surface area contributed by atoms with Crippen molar-refractivity contribution < 1.29 is 18.8 Å². The number of benzene rings is 3. The Kier molecular flexibility index (Phi) is 6.31. The maximum absolute atomic E-state index is 12.9. The number of carbonyl (C=O) groups is 3. The monoisotopic (exact) mass is 439 g/mol. The topological polar surface area (TPSA) is 100 Å². The van der Waals surface area contributed by atoms with Crippen LogP contribution in [0.5, 0.6) is 0 Å². The zero-order valence-electron chi connectivity index (χ0n) is 17.8. The van der Waals surface area contributed by atoms with Crippen LogP contribution in [-0.4, -0.2) is 17.7 Å². The molecule has 0 spiro atoms. The van der Waals surface area contributed by atoms with E-state index in [4.69, 9.17) is 4.42 Å². The lowest BCUT2D eigenvalue weighted by atomic mass is 10.1. The van der Waals surface area contributed by atoms with Crippen LogP contribution in [0.4, 0.5) is 17.1 Å². The second-order valence-corrected chi connectivity index (χ2v) is 7.26. The number of carbonyl (C=O) groups excluding carboxylic acids is 3. The zero-order chi connectivity index (χ0) is 23.2. The van der Waals surface area contributed by atoms with Gasteiger partial charge in [-0.2, -0.15) is 0 Å². The van der Waals surface area contributed by atoms with Crippen LogP contribution >= 0.6 is 0 Å². The molecule has 4 rings (SSSR count). The maximum Gasteiger partial charge on any atom is 0.291 e. The van der Waals surface area contributed by atoms with Crippen molar-refractivity contribution in [3.05, 3.63) is 114 Å². The van der Waals surface area contributed by atoms with Crippen LogP contribution in [-0.2, 0) is 0 Å². The fraction of sp³-hybridized carbons (Fsp3) is 0.0385. The highest BCUT2D eigenvalue weighted by molar-refractivity contribution is 6.09. The number of hydrogen-bond donors (Lipinski definition) is 3. The van der Waals surface area contributed by atoms with Gasteiger partial charge in [0.1, 0.15) is 0 Å². The molecule has 0 aliphatic carbocycles. The van der Waals surface area contributed by atoms with E-state index in [1.807, 2.05) is 18.2 Å². The molecule has 1 aromatic heterocycles. The molecule has 1 heterocycles. The summed E-state index contributed by atoms with van der Waals surface area (Å²) < 4.78 is 5.08. The highest BCUT2D eigenvalue weighted by atomic mass is 16.3. The number of furan rings is 1. The minimum atomic E-state index is -0.412. The van der Waals surface area contributed by atoms with E-state index in [9.17, 15) is 14.4 Å². The molecule has 33 heavy (non-hydrogen) atoms. The van der Waals surface area contributed by atoms with Gasteiger partial charge in [0.15, 0.2) is 5.76 Å². The van der Waals surface area contributed by atoms with Gasteiger partial charge in [0.2, 0.25) is 0 Å². The number of anilines is 3. The third kappa shape index (κ3) is 5.16. The van der Waals surface area contributed by atoms with Crippen molar-refractivity contribution in [3.8, 4) is 0 Å². The highest BCUT2D eigenvalue weighted by Crippen LogP contribution is 2.22. The molecule has 164 valence electrons. The third-order valence-electron chi connectivity index (χ3n) is 4.99. The molecule has 0 radical (unpaired) electrons. The lowest BCUT2D eigenvalue weighted by molar-refractivity contribution is 0.0992. The van der Waals surface area contributed by atoms with E-state index in [2.05, 4.69) is 16.0 Å². The first kappa shape index (κ1) is 21.6. The molecule has 0 bridgehead atoms. The second-order valence-electron chi connectivity index (χ2n) is 7.26. The van der Waals surface area contributed by atoms with E-state index in [1.54, 1.807) is 73.7 Å². The van der Waals surface area contributed by atoms with Crippen LogP contribution in [0.3, 0.4) is 0 Å². The predicted octanol–water partition coefficient (Wildman–Crippen LogP) is 5.34. The molecule has 0 saturated carbocycles. The van der Waals surface area contributed by atoms with E-state index >= 15 is 0 Å². The lowest BCUT2D eigenvalue weighted by Gasteiger charge is -2.13. The summed E-state index contributed by atoms with van der Waals surface area (Å²) >= 11 is 0. The molecule has 0 aliphatic rings. The van der Waals surface area contributed by atoms with Crippen molar-refractivity contribution in [2.24, 2.45) is 0 Å². The van der Waals surface area contributed by atoms with E-state index in [-0.39, 0.29) is 17.6 Å². The first-order valence-electron chi connectivity index (χ1n) is 10.2. The first-order valence-corrected chi connectivity index (χ1v) is 10.2. The summed E-state index contributed by atoms with van der Waals surface area (Å²) in [6.45, 7) is 1.77. The van der Waals surface area contributed by atoms with Crippen molar-refractivity contribution >= 4 is 34.8 Å². The molecule has 0 atom stereocenters. The molecule has 0 unspecified atom stereocenters. The molecule has 0 fully saturated rings. The minimum Gasteiger partial charge on any atom is -0.459 e. The number of para-hydroxylation sites is 1. The normalized spacial score (nSPS) is 10.3. The standard InChI is InChI=1S/C26H21N3O4/c1-17-21(25(31)27-19-9-3-2-4-10-19)12-6-13-22(17)29-24(30)18-8-5-11-20(16-18)28-26(32)23-14-7-15-33-23/h2-16H,1H3,(H,27,31)(H,28,32)(H,29,30). The van der Waals surface area contributed by atoms with Crippen LogP contribution in [0.25, 0.3) is 0 Å². The average Bonchev–Trinajstić information content (AvgIpc) is 3.36. The van der Waals surface area contributed by atoms with Gasteiger partial charge in [-0.1, -0.05) is 30.3 Å². The molecule has 3 N–H and O–H groups in total. The third-order valence-corrected chi connectivity index (χ3v) is 4.99. The summed E-state index contributed by atoms with van der Waals surface area (Å²) in [5.41, 5.74) is 3.11. The Morgan fingerprint density at radius 1 is 0.667 bits per heavy atom. The van der Waals surface area contributed by atoms with Gasteiger partial charge in [-0.25, -0.2) is 0 Å². The fourth-order valence-corrected chi connectivity index (χ4v) is 3.27. The Bertz CT molecular complexity index is 1300. The van der Waals surface area contributed by atoms with Gasteiger partial charge in [0, 0.05) is 28.2 Å². The average molecular weight is 439 g/mol. The molecular weight excluding hydrogens is 418 g/mol. The van der Waals surface area contributed by atoms with Crippen LogP contribution < -0.4 is 16.0 Å². The molecule has 0 aliphatic heterocycles. The molecular formula is C26H21N3O4. The smallest absolute Gasteiger partial charge is 0.291 e. The Labute approximate surface area is 190 Å². The SMILES string of the molecule is Cc1c(NC(=O)c2cccc(NC(=O)c3ccco3)c2)cccc1C(=O)Nc1ccccc1. The number of nitrogens with one attached hydrogen (secondary N) is 3. The van der Waals surface area contributed by atoms with E-state index in [0.29, 0.717) is 33.8 Å². The lowest BCUT2D eigenvalue weighted by Crippen LogP contribution is -2.17. The van der Waals surface area contributed by atoms with Gasteiger partial charge in [-0.05, 0) is 67.1 Å². The van der Waals surface area contributed by atoms with Gasteiger partial charge < -0.3 is 20.4 Å². The Balaban J connectivity index is 1.48. The van der Waals surface area contributed by atoms with Gasteiger partial charge in [-0.3, -0.25) is 14.4 Å². The summed E-state index contributed by atoms with van der Waals surface area (Å²) in [7, 11) is 0. The van der Waals surface area contributed by atoms with Gasteiger partial charge >= 0.3 is 0 Å². The van der Waals surface area contributed by atoms with Crippen molar-refractivity contribution in [3.63, 3.8) is 0 Å². The Hall–Kier alpha value is -4.65. The molecule has 0 saturated heterocycles. The Morgan fingerprint density at radius 2 is 1.39 bits per heavy atom. The van der Waals surface area contributed by atoms with Crippen LogP contribution in [0, 0.1) is 6.92 Å². The van der Waals surface area contributed by atoms with Crippen LogP contribution in [0.2, 0.25) is 0 Å². The summed E-state index contributed by atoms with van der Waals surface area (Å²) in [6.07, 6.45) is 1.41. The van der Waals surface area contributed by atoms with Crippen molar-refractivity contribution in [2.45, 2.75) is 6.92 Å². The van der Waals surface area contributed by atoms with Crippen LogP contribution in [0.15, 0.2) is 95.6 Å². The van der Waals surface area contributed by atoms with E-state index in [1.165, 1.54) is 6.26 Å². The van der Waals surface area contributed by atoms with Gasteiger partial charge in [-0.15, -0.1) is 0 Å². The van der Waals surface area contributed by atoms with Gasteiger partial charge in [0.25, 0.3) is 17.7 Å². The predicted molar refractivity (Wildman–Crippen MR) is 127 cm³/mol. The van der Waals surface area contributed by atoms with E-state index < -0.39 is 5.91 Å². The molecule has 7 heteroatoms. The van der Waals surface area contributed by atoms with Crippen molar-refractivity contribution in [1.82, 2.24) is 0 Å². The minimum absolute atomic E-state index is 0.172. The summed E-state index contributed by atoms with van der Waals surface area (Å²) in [6, 6.07) is 24.0. The maximum atomic E-state index is 12.9. The van der Waals surface area contributed by atoms with Crippen LogP contribution in [0.1, 0.15) is 36.8 Å². The first-order chi connectivity index (χ1) is 16.0. The molecule has 7 nitrogen and oxygen atoms in total. The molecule has 3 amide bonds. The number of amides is 3. The second kappa shape index (κ2) is 9.65. The fourth-order valence-electron chi connectivity index (χ4n) is 3.27.